The van der Waals surface area contributed by atoms with Crippen LogP contribution in [0.5, 0.6) is 0 Å². The van der Waals surface area contributed by atoms with E-state index in [4.69, 9.17) is 11.2 Å². The van der Waals surface area contributed by atoms with Gasteiger partial charge >= 0.3 is 0 Å². The Balaban J connectivity index is 3.03. The van der Waals surface area contributed by atoms with Crippen LogP contribution in [0.3, 0.4) is 0 Å². The standard InChI is InChI=1S/C12H17FNO2P/c1-5-8-14-11-7-6-10(17(3,4)15)9-12(11,13)16-2/h1,6-7,14H,8-9H2,2-4H3. The van der Waals surface area contributed by atoms with E-state index in [-0.39, 0.29) is 18.7 Å². The highest BCUT2D eigenvalue weighted by atomic mass is 31.2. The van der Waals surface area contributed by atoms with Gasteiger partial charge in [-0.1, -0.05) is 12.0 Å². The first kappa shape index (κ1) is 14.0. The lowest BCUT2D eigenvalue weighted by molar-refractivity contribution is -0.0920. The van der Waals surface area contributed by atoms with Crippen molar-refractivity contribution in [3.8, 4) is 12.3 Å². The Morgan fingerprint density at radius 3 is 2.76 bits per heavy atom. The van der Waals surface area contributed by atoms with E-state index >= 15 is 0 Å². The van der Waals surface area contributed by atoms with E-state index in [1.165, 1.54) is 7.11 Å². The molecule has 0 radical (unpaired) electrons. The molecule has 5 heteroatoms. The maximum Gasteiger partial charge on any atom is 0.253 e. The summed E-state index contributed by atoms with van der Waals surface area (Å²) >= 11 is 0. The summed E-state index contributed by atoms with van der Waals surface area (Å²) in [5.41, 5.74) is 0.273. The number of hydrogen-bond donors (Lipinski definition) is 1. The molecule has 1 N–H and O–H groups in total. The van der Waals surface area contributed by atoms with E-state index in [0.29, 0.717) is 5.31 Å². The largest absolute Gasteiger partial charge is 0.373 e. The van der Waals surface area contributed by atoms with Crippen molar-refractivity contribution in [2.45, 2.75) is 12.3 Å². The molecule has 0 aromatic carbocycles. The molecule has 0 aromatic heterocycles. The van der Waals surface area contributed by atoms with Gasteiger partial charge in [-0.15, -0.1) is 6.42 Å². The summed E-state index contributed by atoms with van der Waals surface area (Å²) in [7, 11) is -1.18. The number of terminal acetylenes is 1. The van der Waals surface area contributed by atoms with Gasteiger partial charge in [0.05, 0.1) is 12.2 Å². The molecule has 1 aliphatic carbocycles. The van der Waals surface area contributed by atoms with Crippen molar-refractivity contribution >= 4 is 7.14 Å². The second kappa shape index (κ2) is 5.08. The molecule has 1 unspecified atom stereocenters. The highest BCUT2D eigenvalue weighted by molar-refractivity contribution is 7.66. The lowest BCUT2D eigenvalue weighted by Gasteiger charge is -2.31. The van der Waals surface area contributed by atoms with Crippen LogP contribution in [0.4, 0.5) is 4.39 Å². The van der Waals surface area contributed by atoms with E-state index in [2.05, 4.69) is 11.2 Å². The fourth-order valence-electron chi connectivity index (χ4n) is 1.58. The number of nitrogens with one attached hydrogen (secondary N) is 1. The van der Waals surface area contributed by atoms with Crippen molar-refractivity contribution in [3.05, 3.63) is 23.2 Å². The van der Waals surface area contributed by atoms with Crippen LogP contribution >= 0.6 is 7.14 Å². The third-order valence-electron chi connectivity index (χ3n) is 2.65. The number of halogens is 1. The van der Waals surface area contributed by atoms with Gasteiger partial charge < -0.3 is 14.6 Å². The summed E-state index contributed by atoms with van der Waals surface area (Å²) < 4.78 is 31.3. The van der Waals surface area contributed by atoms with Gasteiger partial charge in [0.15, 0.2) is 0 Å². The van der Waals surface area contributed by atoms with Gasteiger partial charge in [0.2, 0.25) is 0 Å². The SMILES string of the molecule is C#CCNC1=CC=C(P(C)(C)=O)CC1(F)OC. The van der Waals surface area contributed by atoms with E-state index < -0.39 is 13.0 Å². The average Bonchev–Trinajstić information content (AvgIpc) is 2.26. The van der Waals surface area contributed by atoms with Gasteiger partial charge in [-0.2, -0.15) is 0 Å². The Bertz CT molecular complexity index is 444. The molecule has 0 saturated heterocycles. The highest BCUT2D eigenvalue weighted by Crippen LogP contribution is 2.52. The average molecular weight is 257 g/mol. The van der Waals surface area contributed by atoms with Gasteiger partial charge in [0.1, 0.15) is 7.14 Å². The molecule has 0 saturated carbocycles. The maximum atomic E-state index is 14.5. The number of ether oxygens (including phenoxy) is 1. The normalized spacial score (nSPS) is 24.6. The monoisotopic (exact) mass is 257 g/mol. The smallest absolute Gasteiger partial charge is 0.253 e. The lowest BCUT2D eigenvalue weighted by atomic mass is 10.0. The van der Waals surface area contributed by atoms with E-state index in [0.717, 1.165) is 0 Å². The van der Waals surface area contributed by atoms with Crippen molar-refractivity contribution < 1.29 is 13.7 Å². The number of alkyl halides is 1. The van der Waals surface area contributed by atoms with Gasteiger partial charge in [0, 0.05) is 13.5 Å². The maximum absolute atomic E-state index is 14.5. The predicted molar refractivity (Wildman–Crippen MR) is 67.9 cm³/mol. The minimum Gasteiger partial charge on any atom is -0.373 e. The summed E-state index contributed by atoms with van der Waals surface area (Å²) in [6, 6.07) is 0. The number of methoxy groups -OCH3 is 1. The molecule has 3 nitrogen and oxygen atoms in total. The van der Waals surface area contributed by atoms with E-state index in [1.807, 2.05) is 0 Å². The van der Waals surface area contributed by atoms with Gasteiger partial charge in [-0.25, -0.2) is 4.39 Å². The molecule has 1 aliphatic rings. The molecular formula is C12H17FNO2P. The van der Waals surface area contributed by atoms with Crippen LogP contribution in [0.2, 0.25) is 0 Å². The summed E-state index contributed by atoms with van der Waals surface area (Å²) in [6.45, 7) is 3.45. The Morgan fingerprint density at radius 1 is 1.65 bits per heavy atom. The van der Waals surface area contributed by atoms with E-state index in [1.54, 1.807) is 25.5 Å². The molecule has 1 atom stereocenters. The second-order valence-electron chi connectivity index (χ2n) is 4.26. The molecule has 0 heterocycles. The van der Waals surface area contributed by atoms with Crippen LogP contribution in [-0.4, -0.2) is 32.8 Å². The summed E-state index contributed by atoms with van der Waals surface area (Å²) in [5, 5.41) is 3.35. The summed E-state index contributed by atoms with van der Waals surface area (Å²) in [6.07, 6.45) is 8.30. The topological polar surface area (TPSA) is 38.3 Å². The molecule has 0 spiro atoms. The second-order valence-corrected chi connectivity index (χ2v) is 7.53. The highest BCUT2D eigenvalue weighted by Gasteiger charge is 2.39. The molecule has 0 fully saturated rings. The van der Waals surface area contributed by atoms with Crippen LogP contribution in [0, 0.1) is 12.3 Å². The third-order valence-corrected chi connectivity index (χ3v) is 4.34. The predicted octanol–water partition coefficient (Wildman–Crippen LogP) is 2.32. The van der Waals surface area contributed by atoms with Gasteiger partial charge in [-0.05, 0) is 24.7 Å². The van der Waals surface area contributed by atoms with Crippen molar-refractivity contribution in [2.24, 2.45) is 0 Å². The van der Waals surface area contributed by atoms with Crippen molar-refractivity contribution in [1.82, 2.24) is 5.32 Å². The zero-order valence-corrected chi connectivity index (χ0v) is 11.2. The first-order valence-corrected chi connectivity index (χ1v) is 7.82. The molecule has 94 valence electrons. The van der Waals surface area contributed by atoms with Crippen LogP contribution in [0.1, 0.15) is 6.42 Å². The molecule has 17 heavy (non-hydrogen) atoms. The molecule has 1 rings (SSSR count). The number of allylic oxidation sites excluding steroid dienone is 2. The fraction of sp³-hybridized carbons (Fsp3) is 0.500. The minimum atomic E-state index is -2.46. The van der Waals surface area contributed by atoms with Crippen molar-refractivity contribution in [1.29, 1.82) is 0 Å². The van der Waals surface area contributed by atoms with Gasteiger partial charge in [0.25, 0.3) is 5.85 Å². The number of rotatable bonds is 4. The Hall–Kier alpha value is -1.04. The molecule has 0 bridgehead atoms. The summed E-state index contributed by atoms with van der Waals surface area (Å²) in [5.74, 6) is 0.399. The van der Waals surface area contributed by atoms with Crippen LogP contribution < -0.4 is 5.32 Å². The Kier molecular flexibility index (Phi) is 4.19. The van der Waals surface area contributed by atoms with Crippen LogP contribution in [0.25, 0.3) is 0 Å². The van der Waals surface area contributed by atoms with Crippen LogP contribution in [0.15, 0.2) is 23.2 Å². The fourth-order valence-corrected chi connectivity index (χ4v) is 2.60. The van der Waals surface area contributed by atoms with Crippen molar-refractivity contribution in [2.75, 3.05) is 27.0 Å². The quantitative estimate of drug-likeness (QED) is 0.620. The number of hydrogen-bond acceptors (Lipinski definition) is 3. The first-order chi connectivity index (χ1) is 7.83. The van der Waals surface area contributed by atoms with E-state index in [9.17, 15) is 8.96 Å². The lowest BCUT2D eigenvalue weighted by Crippen LogP contribution is -2.38. The zero-order chi connectivity index (χ0) is 13.1. The molecular weight excluding hydrogens is 240 g/mol. The zero-order valence-electron chi connectivity index (χ0n) is 10.3. The Labute approximate surface area is 101 Å². The van der Waals surface area contributed by atoms with Gasteiger partial charge in [-0.3, -0.25) is 0 Å². The van der Waals surface area contributed by atoms with Crippen LogP contribution in [-0.2, 0) is 9.30 Å². The minimum absolute atomic E-state index is 0.0306. The first-order valence-electron chi connectivity index (χ1n) is 5.22. The molecule has 0 aliphatic heterocycles. The molecule has 0 aromatic rings. The summed E-state index contributed by atoms with van der Waals surface area (Å²) in [4.78, 5) is 0. The van der Waals surface area contributed by atoms with Crippen molar-refractivity contribution in [3.63, 3.8) is 0 Å². The molecule has 0 amide bonds. The Morgan fingerprint density at radius 2 is 2.29 bits per heavy atom. The third kappa shape index (κ3) is 3.21.